The van der Waals surface area contributed by atoms with Crippen molar-refractivity contribution in [3.63, 3.8) is 0 Å². The second-order valence-corrected chi connectivity index (χ2v) is 6.78. The molecule has 1 aliphatic heterocycles. The Balaban J connectivity index is 1.62. The Labute approximate surface area is 140 Å². The highest BCUT2D eigenvalue weighted by Crippen LogP contribution is 2.22. The summed E-state index contributed by atoms with van der Waals surface area (Å²) in [6.45, 7) is 4.88. The van der Waals surface area contributed by atoms with E-state index in [1.807, 2.05) is 6.07 Å². The van der Waals surface area contributed by atoms with Crippen LogP contribution in [0.4, 0.5) is 11.6 Å². The molecule has 2 aromatic heterocycles. The normalized spacial score (nSPS) is 18.2. The van der Waals surface area contributed by atoms with E-state index in [4.69, 9.17) is 0 Å². The van der Waals surface area contributed by atoms with Crippen LogP contribution in [-0.4, -0.2) is 39.8 Å². The van der Waals surface area contributed by atoms with Crippen LogP contribution < -0.4 is 10.2 Å². The molecule has 1 aliphatic rings. The van der Waals surface area contributed by atoms with Gasteiger partial charge in [-0.1, -0.05) is 6.92 Å². The highest BCUT2D eigenvalue weighted by Gasteiger charge is 2.20. The van der Waals surface area contributed by atoms with Crippen LogP contribution in [-0.2, 0) is 13.0 Å². The molecule has 1 atom stereocenters. The number of piperidine rings is 1. The zero-order chi connectivity index (χ0) is 16.1. The van der Waals surface area contributed by atoms with Crippen LogP contribution in [0.5, 0.6) is 0 Å². The number of nitrogens with one attached hydrogen (secondary N) is 1. The van der Waals surface area contributed by atoms with Gasteiger partial charge in [-0.2, -0.15) is 0 Å². The van der Waals surface area contributed by atoms with Gasteiger partial charge in [0.2, 0.25) is 0 Å². The molecule has 0 bridgehead atoms. The highest BCUT2D eigenvalue weighted by atomic mass is 32.1. The molecule has 0 spiro atoms. The molecule has 124 valence electrons. The SMILES string of the molecule is CCc1nc(CNc2cc(N3CCCC(CO)C3)ncn2)cs1. The molecule has 1 saturated heterocycles. The third kappa shape index (κ3) is 4.17. The molecule has 1 fully saturated rings. The van der Waals surface area contributed by atoms with E-state index in [9.17, 15) is 5.11 Å². The van der Waals surface area contributed by atoms with Crippen molar-refractivity contribution in [2.75, 3.05) is 29.9 Å². The third-order valence-corrected chi connectivity index (χ3v) is 5.15. The summed E-state index contributed by atoms with van der Waals surface area (Å²) in [6, 6.07) is 1.98. The van der Waals surface area contributed by atoms with Crippen LogP contribution in [0.3, 0.4) is 0 Å². The zero-order valence-corrected chi connectivity index (χ0v) is 14.2. The fourth-order valence-corrected chi connectivity index (χ4v) is 3.56. The fraction of sp³-hybridized carbons (Fsp3) is 0.562. The van der Waals surface area contributed by atoms with Crippen molar-refractivity contribution in [2.24, 2.45) is 5.92 Å². The average molecular weight is 333 g/mol. The van der Waals surface area contributed by atoms with Gasteiger partial charge in [0.05, 0.1) is 17.2 Å². The molecule has 6 nitrogen and oxygen atoms in total. The van der Waals surface area contributed by atoms with Crippen molar-refractivity contribution in [3.8, 4) is 0 Å². The van der Waals surface area contributed by atoms with E-state index in [1.165, 1.54) is 0 Å². The molecule has 2 N–H and O–H groups in total. The maximum Gasteiger partial charge on any atom is 0.134 e. The molecule has 0 saturated carbocycles. The molecule has 0 amide bonds. The van der Waals surface area contributed by atoms with E-state index in [-0.39, 0.29) is 6.61 Å². The van der Waals surface area contributed by atoms with Crippen molar-refractivity contribution >= 4 is 23.0 Å². The minimum absolute atomic E-state index is 0.246. The van der Waals surface area contributed by atoms with Crippen molar-refractivity contribution in [1.82, 2.24) is 15.0 Å². The molecule has 7 heteroatoms. The van der Waals surface area contributed by atoms with Gasteiger partial charge in [-0.25, -0.2) is 15.0 Å². The van der Waals surface area contributed by atoms with E-state index in [0.29, 0.717) is 12.5 Å². The van der Waals surface area contributed by atoms with Crippen molar-refractivity contribution in [1.29, 1.82) is 0 Å². The summed E-state index contributed by atoms with van der Waals surface area (Å²) in [5.74, 6) is 2.08. The smallest absolute Gasteiger partial charge is 0.134 e. The summed E-state index contributed by atoms with van der Waals surface area (Å²) in [6.07, 6.45) is 4.76. The Morgan fingerprint density at radius 3 is 3.13 bits per heavy atom. The molecule has 0 radical (unpaired) electrons. The first-order chi connectivity index (χ1) is 11.3. The van der Waals surface area contributed by atoms with Crippen LogP contribution >= 0.6 is 11.3 Å². The summed E-state index contributed by atoms with van der Waals surface area (Å²) in [5.41, 5.74) is 1.05. The van der Waals surface area contributed by atoms with E-state index in [2.05, 4.69) is 37.5 Å². The van der Waals surface area contributed by atoms with Gasteiger partial charge in [-0.3, -0.25) is 0 Å². The number of aliphatic hydroxyl groups excluding tert-OH is 1. The average Bonchev–Trinajstić information content (AvgIpc) is 3.08. The lowest BCUT2D eigenvalue weighted by Gasteiger charge is -2.32. The number of aryl methyl sites for hydroxylation is 1. The van der Waals surface area contributed by atoms with Gasteiger partial charge < -0.3 is 15.3 Å². The predicted octanol–water partition coefficient (Wildman–Crippen LogP) is 2.32. The molecular formula is C16H23N5OS. The van der Waals surface area contributed by atoms with Gasteiger partial charge in [-0.15, -0.1) is 11.3 Å². The largest absolute Gasteiger partial charge is 0.396 e. The van der Waals surface area contributed by atoms with Crippen LogP contribution in [0.1, 0.15) is 30.5 Å². The van der Waals surface area contributed by atoms with Crippen LogP contribution in [0.15, 0.2) is 17.8 Å². The van der Waals surface area contributed by atoms with Crippen molar-refractivity contribution in [2.45, 2.75) is 32.7 Å². The maximum atomic E-state index is 9.37. The minimum atomic E-state index is 0.246. The summed E-state index contributed by atoms with van der Waals surface area (Å²) < 4.78 is 0. The topological polar surface area (TPSA) is 74.2 Å². The first-order valence-corrected chi connectivity index (χ1v) is 9.01. The van der Waals surface area contributed by atoms with Crippen molar-refractivity contribution < 1.29 is 5.11 Å². The Kier molecular flexibility index (Phi) is 5.40. The van der Waals surface area contributed by atoms with Gasteiger partial charge in [0.1, 0.15) is 18.0 Å². The van der Waals surface area contributed by atoms with E-state index >= 15 is 0 Å². The Morgan fingerprint density at radius 1 is 1.43 bits per heavy atom. The summed E-state index contributed by atoms with van der Waals surface area (Å²) >= 11 is 1.70. The van der Waals surface area contributed by atoms with Crippen LogP contribution in [0.25, 0.3) is 0 Å². The quantitative estimate of drug-likeness (QED) is 0.845. The number of rotatable bonds is 6. The monoisotopic (exact) mass is 333 g/mol. The Hall–Kier alpha value is -1.73. The summed E-state index contributed by atoms with van der Waals surface area (Å²) in [7, 11) is 0. The van der Waals surface area contributed by atoms with Gasteiger partial charge in [0.25, 0.3) is 0 Å². The lowest BCUT2D eigenvalue weighted by atomic mass is 9.99. The lowest BCUT2D eigenvalue weighted by molar-refractivity contribution is 0.208. The second kappa shape index (κ2) is 7.70. The fourth-order valence-electron chi connectivity index (χ4n) is 2.81. The molecular weight excluding hydrogens is 310 g/mol. The Bertz CT molecular complexity index is 632. The van der Waals surface area contributed by atoms with Gasteiger partial charge in [0, 0.05) is 31.1 Å². The Morgan fingerprint density at radius 2 is 2.35 bits per heavy atom. The first-order valence-electron chi connectivity index (χ1n) is 8.13. The standard InChI is InChI=1S/C16H23N5OS/c1-2-16-20-13(10-23-16)7-17-14-6-15(19-11-18-14)21-5-3-4-12(8-21)9-22/h6,10-12,22H,2-5,7-9H2,1H3,(H,17,18,19). The van der Waals surface area contributed by atoms with Gasteiger partial charge in [0.15, 0.2) is 0 Å². The number of thiazole rings is 1. The first kappa shape index (κ1) is 16.1. The van der Waals surface area contributed by atoms with Crippen LogP contribution in [0, 0.1) is 5.92 Å². The van der Waals surface area contributed by atoms with Gasteiger partial charge in [-0.05, 0) is 25.2 Å². The number of hydrogen-bond donors (Lipinski definition) is 2. The lowest BCUT2D eigenvalue weighted by Crippen LogP contribution is -2.37. The number of hydrogen-bond acceptors (Lipinski definition) is 7. The van der Waals surface area contributed by atoms with Crippen LogP contribution in [0.2, 0.25) is 0 Å². The summed E-state index contributed by atoms with van der Waals surface area (Å²) in [4.78, 5) is 15.5. The number of anilines is 2. The number of aliphatic hydroxyl groups is 1. The number of aromatic nitrogens is 3. The molecule has 3 rings (SSSR count). The zero-order valence-electron chi connectivity index (χ0n) is 13.4. The number of nitrogens with zero attached hydrogens (tertiary/aromatic N) is 4. The molecule has 1 unspecified atom stereocenters. The predicted molar refractivity (Wildman–Crippen MR) is 92.9 cm³/mol. The molecule has 23 heavy (non-hydrogen) atoms. The van der Waals surface area contributed by atoms with E-state index < -0.39 is 0 Å². The molecule has 3 heterocycles. The summed E-state index contributed by atoms with van der Waals surface area (Å²) in [5, 5.41) is 15.9. The maximum absolute atomic E-state index is 9.37. The van der Waals surface area contributed by atoms with E-state index in [1.54, 1.807) is 17.7 Å². The molecule has 0 aliphatic carbocycles. The van der Waals surface area contributed by atoms with Gasteiger partial charge >= 0.3 is 0 Å². The van der Waals surface area contributed by atoms with E-state index in [0.717, 1.165) is 54.7 Å². The third-order valence-electron chi connectivity index (χ3n) is 4.11. The van der Waals surface area contributed by atoms with Crippen molar-refractivity contribution in [3.05, 3.63) is 28.5 Å². The molecule has 2 aromatic rings. The minimum Gasteiger partial charge on any atom is -0.396 e. The second-order valence-electron chi connectivity index (χ2n) is 5.84. The molecule has 0 aromatic carbocycles. The highest BCUT2D eigenvalue weighted by molar-refractivity contribution is 7.09.